The van der Waals surface area contributed by atoms with E-state index in [4.69, 9.17) is 4.74 Å². The summed E-state index contributed by atoms with van der Waals surface area (Å²) in [6.45, 7) is 4.94. The lowest BCUT2D eigenvalue weighted by Gasteiger charge is -2.28. The Kier molecular flexibility index (Phi) is 5.15. The number of nitrogens with one attached hydrogen (secondary N) is 1. The third kappa shape index (κ3) is 3.77. The highest BCUT2D eigenvalue weighted by Gasteiger charge is 2.34. The van der Waals surface area contributed by atoms with Crippen LogP contribution in [0.15, 0.2) is 5.38 Å². The zero-order valence-electron chi connectivity index (χ0n) is 11.5. The first kappa shape index (κ1) is 14.0. The van der Waals surface area contributed by atoms with Crippen molar-refractivity contribution in [1.82, 2.24) is 10.3 Å². The second kappa shape index (κ2) is 6.64. The maximum Gasteiger partial charge on any atom is 0.0897 e. The van der Waals surface area contributed by atoms with Gasteiger partial charge in [-0.15, -0.1) is 11.3 Å². The first-order valence-electron chi connectivity index (χ1n) is 6.85. The lowest BCUT2D eigenvalue weighted by molar-refractivity contribution is 0.189. The quantitative estimate of drug-likeness (QED) is 0.772. The molecule has 2 rings (SSSR count). The number of thiazole rings is 1. The van der Waals surface area contributed by atoms with Crippen molar-refractivity contribution in [1.29, 1.82) is 0 Å². The van der Waals surface area contributed by atoms with Crippen LogP contribution in [0.1, 0.15) is 36.4 Å². The molecule has 0 amide bonds. The molecule has 1 heterocycles. The fourth-order valence-corrected chi connectivity index (χ4v) is 3.56. The van der Waals surface area contributed by atoms with Crippen LogP contribution in [0.5, 0.6) is 0 Å². The monoisotopic (exact) mass is 268 g/mol. The van der Waals surface area contributed by atoms with Gasteiger partial charge in [-0.25, -0.2) is 4.98 Å². The van der Waals surface area contributed by atoms with Gasteiger partial charge in [0.25, 0.3) is 0 Å². The van der Waals surface area contributed by atoms with E-state index in [-0.39, 0.29) is 0 Å². The van der Waals surface area contributed by atoms with Crippen LogP contribution < -0.4 is 5.32 Å². The minimum atomic E-state index is 0.439. The number of nitrogens with zero attached hydrogens (tertiary/aromatic N) is 1. The maximum atomic E-state index is 5.09. The molecule has 0 saturated heterocycles. The summed E-state index contributed by atoms with van der Waals surface area (Å²) in [7, 11) is 1.76. The Labute approximate surface area is 114 Å². The van der Waals surface area contributed by atoms with Gasteiger partial charge >= 0.3 is 0 Å². The highest BCUT2D eigenvalue weighted by atomic mass is 32.1. The molecule has 0 spiro atoms. The van der Waals surface area contributed by atoms with Gasteiger partial charge in [0.05, 0.1) is 17.3 Å². The molecule has 1 aromatic rings. The highest BCUT2D eigenvalue weighted by molar-refractivity contribution is 7.09. The van der Waals surface area contributed by atoms with Crippen molar-refractivity contribution in [3.8, 4) is 0 Å². The van der Waals surface area contributed by atoms with Gasteiger partial charge in [-0.2, -0.15) is 0 Å². The van der Waals surface area contributed by atoms with E-state index in [9.17, 15) is 0 Å². The fraction of sp³-hybridized carbons (Fsp3) is 0.786. The fourth-order valence-electron chi connectivity index (χ4n) is 2.94. The van der Waals surface area contributed by atoms with Crippen molar-refractivity contribution in [3.63, 3.8) is 0 Å². The molecule has 0 bridgehead atoms. The van der Waals surface area contributed by atoms with Crippen molar-refractivity contribution >= 4 is 11.3 Å². The number of aryl methyl sites for hydroxylation is 1. The molecule has 18 heavy (non-hydrogen) atoms. The van der Waals surface area contributed by atoms with Gasteiger partial charge in [0.1, 0.15) is 0 Å². The van der Waals surface area contributed by atoms with Crippen molar-refractivity contribution in [2.75, 3.05) is 26.8 Å². The molecule has 1 saturated carbocycles. The van der Waals surface area contributed by atoms with Crippen LogP contribution in [0.25, 0.3) is 0 Å². The molecular formula is C14H24N2OS. The Bertz CT molecular complexity index is 358. The van der Waals surface area contributed by atoms with Crippen LogP contribution in [0.2, 0.25) is 0 Å². The van der Waals surface area contributed by atoms with Crippen molar-refractivity contribution in [2.45, 2.75) is 39.0 Å². The molecule has 3 nitrogen and oxygen atoms in total. The molecule has 1 aromatic heterocycles. The minimum absolute atomic E-state index is 0.439. The summed E-state index contributed by atoms with van der Waals surface area (Å²) >= 11 is 1.77. The lowest BCUT2D eigenvalue weighted by Crippen LogP contribution is -2.35. The van der Waals surface area contributed by atoms with Crippen LogP contribution in [0.4, 0.5) is 0 Å². The predicted octanol–water partition coefficient (Wildman–Crippen LogP) is 2.79. The summed E-state index contributed by atoms with van der Waals surface area (Å²) in [6.07, 6.45) is 6.55. The Balaban J connectivity index is 1.89. The molecule has 0 unspecified atom stereocenters. The summed E-state index contributed by atoms with van der Waals surface area (Å²) in [6, 6.07) is 0. The molecule has 4 heteroatoms. The van der Waals surface area contributed by atoms with Gasteiger partial charge in [0, 0.05) is 25.6 Å². The Morgan fingerprint density at radius 3 is 2.83 bits per heavy atom. The second-order valence-corrected chi connectivity index (χ2v) is 6.47. The smallest absolute Gasteiger partial charge is 0.0897 e. The molecule has 1 aliphatic carbocycles. The molecule has 1 aliphatic rings. The Morgan fingerprint density at radius 2 is 2.22 bits per heavy atom. The van der Waals surface area contributed by atoms with Crippen LogP contribution in [0, 0.1) is 12.3 Å². The predicted molar refractivity (Wildman–Crippen MR) is 76.2 cm³/mol. The van der Waals surface area contributed by atoms with E-state index in [0.29, 0.717) is 5.41 Å². The molecule has 0 atom stereocenters. The third-order valence-electron chi connectivity index (χ3n) is 3.87. The summed E-state index contributed by atoms with van der Waals surface area (Å²) in [5, 5.41) is 6.96. The van der Waals surface area contributed by atoms with Gasteiger partial charge < -0.3 is 10.1 Å². The number of rotatable bonds is 7. The first-order chi connectivity index (χ1) is 8.74. The number of aromatic nitrogens is 1. The van der Waals surface area contributed by atoms with Crippen molar-refractivity contribution < 1.29 is 4.74 Å². The number of hydrogen-bond donors (Lipinski definition) is 1. The van der Waals surface area contributed by atoms with E-state index in [2.05, 4.69) is 22.6 Å². The van der Waals surface area contributed by atoms with Crippen LogP contribution in [-0.2, 0) is 11.2 Å². The Hall–Kier alpha value is -0.450. The normalized spacial score (nSPS) is 18.3. The average Bonchev–Trinajstić information content (AvgIpc) is 2.96. The number of methoxy groups -OCH3 is 1. The molecule has 0 aliphatic heterocycles. The van der Waals surface area contributed by atoms with E-state index >= 15 is 0 Å². The first-order valence-corrected chi connectivity index (χ1v) is 7.73. The van der Waals surface area contributed by atoms with Gasteiger partial charge in [-0.1, -0.05) is 12.8 Å². The van der Waals surface area contributed by atoms with E-state index in [0.717, 1.165) is 26.1 Å². The summed E-state index contributed by atoms with van der Waals surface area (Å²) in [5.41, 5.74) is 1.72. The zero-order chi connectivity index (χ0) is 12.8. The molecule has 1 fully saturated rings. The number of hydrogen-bond acceptors (Lipinski definition) is 4. The largest absolute Gasteiger partial charge is 0.383 e. The molecule has 102 valence electrons. The highest BCUT2D eigenvalue weighted by Crippen LogP contribution is 2.40. The van der Waals surface area contributed by atoms with Gasteiger partial charge in [0.2, 0.25) is 0 Å². The molecule has 1 N–H and O–H groups in total. The molecule has 0 aromatic carbocycles. The Morgan fingerprint density at radius 1 is 1.44 bits per heavy atom. The summed E-state index contributed by atoms with van der Waals surface area (Å²) < 4.78 is 5.09. The van der Waals surface area contributed by atoms with Gasteiger partial charge in [-0.05, 0) is 31.6 Å². The van der Waals surface area contributed by atoms with Gasteiger partial charge in [-0.3, -0.25) is 0 Å². The summed E-state index contributed by atoms with van der Waals surface area (Å²) in [4.78, 5) is 4.63. The van der Waals surface area contributed by atoms with Crippen molar-refractivity contribution in [3.05, 3.63) is 16.1 Å². The van der Waals surface area contributed by atoms with Crippen LogP contribution in [-0.4, -0.2) is 31.8 Å². The standard InChI is InChI=1S/C14H24N2OS/c1-12-16-13(10-18-12)9-14(5-3-4-6-14)11-15-7-8-17-2/h10,15H,3-9,11H2,1-2H3. The van der Waals surface area contributed by atoms with Gasteiger partial charge in [0.15, 0.2) is 0 Å². The summed E-state index contributed by atoms with van der Waals surface area (Å²) in [5.74, 6) is 0. The van der Waals surface area contributed by atoms with E-state index in [1.807, 2.05) is 0 Å². The van der Waals surface area contributed by atoms with Crippen LogP contribution in [0.3, 0.4) is 0 Å². The number of ether oxygens (including phenoxy) is 1. The molecule has 0 radical (unpaired) electrons. The SMILES string of the molecule is COCCNCC1(Cc2csc(C)n2)CCCC1. The maximum absolute atomic E-state index is 5.09. The average molecular weight is 268 g/mol. The van der Waals surface area contributed by atoms with E-state index in [1.165, 1.54) is 36.4 Å². The minimum Gasteiger partial charge on any atom is -0.383 e. The van der Waals surface area contributed by atoms with E-state index in [1.54, 1.807) is 18.4 Å². The topological polar surface area (TPSA) is 34.1 Å². The lowest BCUT2D eigenvalue weighted by atomic mass is 9.81. The third-order valence-corrected chi connectivity index (χ3v) is 4.69. The van der Waals surface area contributed by atoms with Crippen molar-refractivity contribution in [2.24, 2.45) is 5.41 Å². The van der Waals surface area contributed by atoms with Crippen LogP contribution >= 0.6 is 11.3 Å². The van der Waals surface area contributed by atoms with E-state index < -0.39 is 0 Å². The zero-order valence-corrected chi connectivity index (χ0v) is 12.3. The second-order valence-electron chi connectivity index (χ2n) is 5.41. The molecular weight excluding hydrogens is 244 g/mol.